The molecule has 2 aromatic carbocycles. The van der Waals surface area contributed by atoms with Crippen molar-refractivity contribution in [2.24, 2.45) is 0 Å². The highest BCUT2D eigenvalue weighted by Gasteiger charge is 2.21. The number of aromatic amines is 1. The summed E-state index contributed by atoms with van der Waals surface area (Å²) in [5.74, 6) is -0.220. The minimum atomic E-state index is -0.614. The van der Waals surface area contributed by atoms with Crippen LogP contribution < -0.4 is 5.32 Å². The lowest BCUT2D eigenvalue weighted by atomic mass is 10.0. The molecule has 0 saturated carbocycles. The SMILES string of the molecule is CCOC(=O)Nc1c(C(=O)c2cccc(C)c2)[nH]c2cc(Cl)ccc12. The van der Waals surface area contributed by atoms with E-state index in [9.17, 15) is 9.59 Å². The predicted molar refractivity (Wildman–Crippen MR) is 98.6 cm³/mol. The number of H-pyrrole nitrogens is 1. The molecule has 1 aromatic heterocycles. The van der Waals surface area contributed by atoms with Gasteiger partial charge in [-0.05, 0) is 38.1 Å². The maximum atomic E-state index is 13.0. The lowest BCUT2D eigenvalue weighted by Gasteiger charge is -2.07. The van der Waals surface area contributed by atoms with Gasteiger partial charge in [-0.3, -0.25) is 10.1 Å². The molecule has 3 rings (SSSR count). The smallest absolute Gasteiger partial charge is 0.411 e. The quantitative estimate of drug-likeness (QED) is 0.651. The zero-order valence-electron chi connectivity index (χ0n) is 13.9. The Kier molecular flexibility index (Phi) is 4.76. The average Bonchev–Trinajstić information content (AvgIpc) is 2.92. The van der Waals surface area contributed by atoms with Gasteiger partial charge in [-0.25, -0.2) is 4.79 Å². The highest BCUT2D eigenvalue weighted by molar-refractivity contribution is 6.31. The Labute approximate surface area is 149 Å². The first kappa shape index (κ1) is 17.0. The van der Waals surface area contributed by atoms with E-state index in [2.05, 4.69) is 10.3 Å². The van der Waals surface area contributed by atoms with Gasteiger partial charge in [0.1, 0.15) is 5.69 Å². The van der Waals surface area contributed by atoms with Gasteiger partial charge >= 0.3 is 6.09 Å². The third-order valence-electron chi connectivity index (χ3n) is 3.77. The molecule has 0 unspecified atom stereocenters. The minimum Gasteiger partial charge on any atom is -0.450 e. The third kappa shape index (κ3) is 3.51. The van der Waals surface area contributed by atoms with Gasteiger partial charge < -0.3 is 9.72 Å². The Hall–Kier alpha value is -2.79. The summed E-state index contributed by atoms with van der Waals surface area (Å²) in [7, 11) is 0. The van der Waals surface area contributed by atoms with Crippen molar-refractivity contribution >= 4 is 40.1 Å². The molecule has 1 amide bonds. The topological polar surface area (TPSA) is 71.2 Å². The number of rotatable bonds is 4. The Balaban J connectivity index is 2.12. The number of halogens is 1. The van der Waals surface area contributed by atoms with Crippen LogP contribution in [0.15, 0.2) is 42.5 Å². The fourth-order valence-corrected chi connectivity index (χ4v) is 2.84. The van der Waals surface area contributed by atoms with Crippen LogP contribution in [0.4, 0.5) is 10.5 Å². The number of hydrogen-bond donors (Lipinski definition) is 2. The number of amides is 1. The molecule has 0 spiro atoms. The summed E-state index contributed by atoms with van der Waals surface area (Å²) < 4.78 is 4.95. The monoisotopic (exact) mass is 356 g/mol. The number of fused-ring (bicyclic) bond motifs is 1. The molecule has 2 N–H and O–H groups in total. The van der Waals surface area contributed by atoms with Crippen LogP contribution in [0.1, 0.15) is 28.5 Å². The largest absolute Gasteiger partial charge is 0.450 e. The van der Waals surface area contributed by atoms with Gasteiger partial charge in [0.05, 0.1) is 12.3 Å². The van der Waals surface area contributed by atoms with Crippen LogP contribution in [0.3, 0.4) is 0 Å². The summed E-state index contributed by atoms with van der Waals surface area (Å²) in [5.41, 5.74) is 2.84. The molecule has 128 valence electrons. The first-order valence-corrected chi connectivity index (χ1v) is 8.23. The summed E-state index contributed by atoms with van der Waals surface area (Å²) in [6, 6.07) is 12.4. The molecule has 0 aliphatic carbocycles. The molecule has 0 aliphatic heterocycles. The zero-order valence-corrected chi connectivity index (χ0v) is 14.6. The molecule has 0 saturated heterocycles. The number of benzene rings is 2. The van der Waals surface area contributed by atoms with Crippen LogP contribution in [-0.2, 0) is 4.74 Å². The second-order valence-electron chi connectivity index (χ2n) is 5.61. The lowest BCUT2D eigenvalue weighted by molar-refractivity contribution is 0.103. The first-order valence-electron chi connectivity index (χ1n) is 7.86. The second-order valence-corrected chi connectivity index (χ2v) is 6.05. The molecule has 0 bridgehead atoms. The summed E-state index contributed by atoms with van der Waals surface area (Å²) in [4.78, 5) is 27.9. The molecule has 3 aromatic rings. The molecule has 0 fully saturated rings. The van der Waals surface area contributed by atoms with Crippen LogP contribution >= 0.6 is 11.6 Å². The molecule has 25 heavy (non-hydrogen) atoms. The number of aromatic nitrogens is 1. The number of nitrogens with one attached hydrogen (secondary N) is 2. The standard InChI is InChI=1S/C19H17ClN2O3/c1-3-25-19(24)22-16-14-8-7-13(20)10-15(14)21-17(16)18(23)12-6-4-5-11(2)9-12/h4-10,21H,3H2,1-2H3,(H,22,24). The number of anilines is 1. The van der Waals surface area contributed by atoms with Crippen molar-refractivity contribution in [2.45, 2.75) is 13.8 Å². The van der Waals surface area contributed by atoms with Crippen LogP contribution in [0.5, 0.6) is 0 Å². The molecule has 0 aliphatic rings. The van der Waals surface area contributed by atoms with Crippen LogP contribution in [0.2, 0.25) is 5.02 Å². The highest BCUT2D eigenvalue weighted by Crippen LogP contribution is 2.31. The maximum Gasteiger partial charge on any atom is 0.411 e. The molecule has 5 nitrogen and oxygen atoms in total. The van der Waals surface area contributed by atoms with E-state index < -0.39 is 6.09 Å². The van der Waals surface area contributed by atoms with Gasteiger partial charge in [0.2, 0.25) is 5.78 Å². The van der Waals surface area contributed by atoms with Gasteiger partial charge in [-0.1, -0.05) is 35.4 Å². The van der Waals surface area contributed by atoms with Gasteiger partial charge in [0.25, 0.3) is 0 Å². The third-order valence-corrected chi connectivity index (χ3v) is 4.01. The van der Waals surface area contributed by atoms with Crippen molar-refractivity contribution in [1.82, 2.24) is 4.98 Å². The van der Waals surface area contributed by atoms with E-state index in [-0.39, 0.29) is 18.1 Å². The Morgan fingerprint density at radius 1 is 1.20 bits per heavy atom. The van der Waals surface area contributed by atoms with E-state index in [4.69, 9.17) is 16.3 Å². The van der Waals surface area contributed by atoms with Gasteiger partial charge in [-0.15, -0.1) is 0 Å². The highest BCUT2D eigenvalue weighted by atomic mass is 35.5. The Morgan fingerprint density at radius 2 is 2.00 bits per heavy atom. The first-order chi connectivity index (χ1) is 12.0. The normalized spacial score (nSPS) is 10.7. The summed E-state index contributed by atoms with van der Waals surface area (Å²) >= 11 is 6.04. The average molecular weight is 357 g/mol. The van der Waals surface area contributed by atoms with E-state index in [0.29, 0.717) is 27.2 Å². The fraction of sp³-hybridized carbons (Fsp3) is 0.158. The van der Waals surface area contributed by atoms with Crippen molar-refractivity contribution in [3.63, 3.8) is 0 Å². The molecular weight excluding hydrogens is 340 g/mol. The maximum absolute atomic E-state index is 13.0. The fourth-order valence-electron chi connectivity index (χ4n) is 2.67. The van der Waals surface area contributed by atoms with Crippen LogP contribution in [0, 0.1) is 6.92 Å². The molecule has 0 radical (unpaired) electrons. The molecule has 6 heteroatoms. The summed E-state index contributed by atoms with van der Waals surface area (Å²) in [5, 5.41) is 3.88. The Morgan fingerprint density at radius 3 is 2.72 bits per heavy atom. The van der Waals surface area contributed by atoms with E-state index >= 15 is 0 Å². The van der Waals surface area contributed by atoms with E-state index in [1.807, 2.05) is 19.1 Å². The zero-order chi connectivity index (χ0) is 18.0. The van der Waals surface area contributed by atoms with Crippen molar-refractivity contribution < 1.29 is 14.3 Å². The van der Waals surface area contributed by atoms with Crippen LogP contribution in [0.25, 0.3) is 10.9 Å². The number of carbonyl (C=O) groups is 2. The number of ether oxygens (including phenoxy) is 1. The van der Waals surface area contributed by atoms with Crippen molar-refractivity contribution in [3.8, 4) is 0 Å². The summed E-state index contributed by atoms with van der Waals surface area (Å²) in [6.45, 7) is 3.87. The number of hydrogen-bond acceptors (Lipinski definition) is 3. The van der Waals surface area contributed by atoms with Crippen LogP contribution in [-0.4, -0.2) is 23.5 Å². The number of aryl methyl sites for hydroxylation is 1. The van der Waals surface area contributed by atoms with Gasteiger partial charge in [0.15, 0.2) is 0 Å². The van der Waals surface area contributed by atoms with Crippen molar-refractivity contribution in [3.05, 3.63) is 64.3 Å². The van der Waals surface area contributed by atoms with E-state index in [1.54, 1.807) is 37.3 Å². The predicted octanol–water partition coefficient (Wildman–Crippen LogP) is 4.93. The lowest BCUT2D eigenvalue weighted by Crippen LogP contribution is -2.15. The molecule has 1 heterocycles. The van der Waals surface area contributed by atoms with E-state index in [1.165, 1.54) is 0 Å². The van der Waals surface area contributed by atoms with Gasteiger partial charge in [-0.2, -0.15) is 0 Å². The summed E-state index contributed by atoms with van der Waals surface area (Å²) in [6.07, 6.45) is -0.614. The number of carbonyl (C=O) groups excluding carboxylic acids is 2. The number of ketones is 1. The second kappa shape index (κ2) is 6.99. The molecular formula is C19H17ClN2O3. The van der Waals surface area contributed by atoms with E-state index in [0.717, 1.165) is 5.56 Å². The van der Waals surface area contributed by atoms with Crippen molar-refractivity contribution in [2.75, 3.05) is 11.9 Å². The Bertz CT molecular complexity index is 962. The van der Waals surface area contributed by atoms with Crippen molar-refractivity contribution in [1.29, 1.82) is 0 Å². The minimum absolute atomic E-state index is 0.220. The van der Waals surface area contributed by atoms with Gasteiger partial charge in [0, 0.05) is 21.5 Å². The molecule has 0 atom stereocenters.